The number of hydrogen-bond donors (Lipinski definition) is 1. The van der Waals surface area contributed by atoms with Crippen molar-refractivity contribution in [1.82, 2.24) is 14.9 Å². The van der Waals surface area contributed by atoms with Crippen LogP contribution in [0.1, 0.15) is 31.9 Å². The molecule has 1 N–H and O–H groups in total. The first-order valence-corrected chi connectivity index (χ1v) is 9.60. The van der Waals surface area contributed by atoms with Crippen molar-refractivity contribution in [2.75, 3.05) is 5.75 Å². The van der Waals surface area contributed by atoms with Crippen LogP contribution < -0.4 is 5.32 Å². The third-order valence-electron chi connectivity index (χ3n) is 4.08. The maximum atomic E-state index is 12.7. The minimum Gasteiger partial charge on any atom is -0.350 e. The van der Waals surface area contributed by atoms with Gasteiger partial charge in [-0.1, -0.05) is 61.2 Å². The number of fused-ring (bicyclic) bond motifs is 1. The van der Waals surface area contributed by atoms with Crippen molar-refractivity contribution in [1.29, 1.82) is 0 Å². The molecule has 5 heteroatoms. The van der Waals surface area contributed by atoms with E-state index in [1.165, 1.54) is 0 Å². The number of nitrogens with zero attached hydrogens (tertiary/aromatic N) is 2. The van der Waals surface area contributed by atoms with Gasteiger partial charge in [0.1, 0.15) is 6.04 Å². The number of aromatic nitrogens is 2. The normalized spacial score (nSPS) is 12.2. The lowest BCUT2D eigenvalue weighted by Gasteiger charge is -2.17. The van der Waals surface area contributed by atoms with Crippen LogP contribution in [0.2, 0.25) is 0 Å². The van der Waals surface area contributed by atoms with Gasteiger partial charge in [-0.25, -0.2) is 4.98 Å². The molecule has 0 aliphatic carbocycles. The van der Waals surface area contributed by atoms with E-state index in [9.17, 15) is 4.79 Å². The minimum absolute atomic E-state index is 0.00496. The number of nitrogens with one attached hydrogen (secondary N) is 1. The van der Waals surface area contributed by atoms with Gasteiger partial charge in [-0.3, -0.25) is 4.79 Å². The average Bonchev–Trinajstić information content (AvgIpc) is 3.02. The molecule has 0 radical (unpaired) electrons. The molecule has 25 heavy (non-hydrogen) atoms. The highest BCUT2D eigenvalue weighted by Gasteiger charge is 2.21. The number of amides is 1. The van der Waals surface area contributed by atoms with E-state index in [4.69, 9.17) is 4.98 Å². The summed E-state index contributed by atoms with van der Waals surface area (Å²) in [4.78, 5) is 17.4. The highest BCUT2D eigenvalue weighted by Crippen LogP contribution is 2.28. The summed E-state index contributed by atoms with van der Waals surface area (Å²) in [6, 6.07) is 17.6. The maximum Gasteiger partial charge on any atom is 0.243 e. The Balaban J connectivity index is 1.82. The summed E-state index contributed by atoms with van der Waals surface area (Å²) >= 11 is 1.70. The van der Waals surface area contributed by atoms with E-state index in [0.29, 0.717) is 6.54 Å². The van der Waals surface area contributed by atoms with E-state index >= 15 is 0 Å². The van der Waals surface area contributed by atoms with Crippen LogP contribution >= 0.6 is 11.8 Å². The molecule has 0 unspecified atom stereocenters. The van der Waals surface area contributed by atoms with E-state index in [1.807, 2.05) is 61.5 Å². The zero-order valence-corrected chi connectivity index (χ0v) is 15.4. The van der Waals surface area contributed by atoms with Crippen molar-refractivity contribution in [3.63, 3.8) is 0 Å². The third-order valence-corrected chi connectivity index (χ3v) is 5.23. The molecular weight excluding hydrogens is 330 g/mol. The van der Waals surface area contributed by atoms with E-state index in [2.05, 4.69) is 16.8 Å². The first-order valence-electron chi connectivity index (χ1n) is 8.62. The number of thioether (sulfide) groups is 1. The lowest BCUT2D eigenvalue weighted by Crippen LogP contribution is -2.30. The second-order valence-electron chi connectivity index (χ2n) is 5.98. The fourth-order valence-electron chi connectivity index (χ4n) is 2.74. The molecule has 0 fully saturated rings. The van der Waals surface area contributed by atoms with Gasteiger partial charge < -0.3 is 9.88 Å². The van der Waals surface area contributed by atoms with Crippen molar-refractivity contribution < 1.29 is 4.79 Å². The molecule has 0 aliphatic rings. The average molecular weight is 353 g/mol. The van der Waals surface area contributed by atoms with Gasteiger partial charge in [0, 0.05) is 12.3 Å². The van der Waals surface area contributed by atoms with Gasteiger partial charge in [-0.2, -0.15) is 0 Å². The number of imidazole rings is 1. The zero-order chi connectivity index (χ0) is 17.6. The Morgan fingerprint density at radius 2 is 1.88 bits per heavy atom. The number of hydrogen-bond acceptors (Lipinski definition) is 3. The van der Waals surface area contributed by atoms with Gasteiger partial charge in [-0.05, 0) is 31.0 Å². The van der Waals surface area contributed by atoms with Gasteiger partial charge in [0.2, 0.25) is 5.91 Å². The number of para-hydroxylation sites is 2. The smallest absolute Gasteiger partial charge is 0.243 e. The summed E-state index contributed by atoms with van der Waals surface area (Å²) in [7, 11) is 0. The number of benzene rings is 2. The van der Waals surface area contributed by atoms with Gasteiger partial charge in [-0.15, -0.1) is 0 Å². The lowest BCUT2D eigenvalue weighted by molar-refractivity contribution is -0.124. The van der Waals surface area contributed by atoms with Crippen LogP contribution in [-0.2, 0) is 11.3 Å². The Morgan fingerprint density at radius 3 is 2.64 bits per heavy atom. The summed E-state index contributed by atoms with van der Waals surface area (Å²) in [6.45, 7) is 4.62. The predicted molar refractivity (Wildman–Crippen MR) is 104 cm³/mol. The van der Waals surface area contributed by atoms with E-state index in [0.717, 1.165) is 33.9 Å². The van der Waals surface area contributed by atoms with Crippen LogP contribution in [0.15, 0.2) is 59.8 Å². The van der Waals surface area contributed by atoms with Crippen LogP contribution in [0.4, 0.5) is 0 Å². The Morgan fingerprint density at radius 1 is 1.16 bits per heavy atom. The van der Waals surface area contributed by atoms with Gasteiger partial charge in [0.05, 0.1) is 11.0 Å². The molecule has 0 saturated carbocycles. The van der Waals surface area contributed by atoms with E-state index < -0.39 is 0 Å². The quantitative estimate of drug-likeness (QED) is 0.640. The number of carbonyl (C=O) groups is 1. The summed E-state index contributed by atoms with van der Waals surface area (Å²) in [5.41, 5.74) is 3.03. The third kappa shape index (κ3) is 4.04. The monoisotopic (exact) mass is 353 g/mol. The first-order chi connectivity index (χ1) is 12.2. The first kappa shape index (κ1) is 17.5. The fraction of sp³-hybridized carbons (Fsp3) is 0.300. The highest BCUT2D eigenvalue weighted by atomic mass is 32.2. The SMILES string of the molecule is CCCSc1nc2ccccc2n1[C@H](C)C(=O)NCc1ccccc1. The Hall–Kier alpha value is -2.27. The second kappa shape index (κ2) is 8.21. The minimum atomic E-state index is -0.310. The molecule has 1 heterocycles. The maximum absolute atomic E-state index is 12.7. The topological polar surface area (TPSA) is 46.9 Å². The van der Waals surface area contributed by atoms with Crippen molar-refractivity contribution in [2.24, 2.45) is 0 Å². The fourth-order valence-corrected chi connectivity index (χ4v) is 3.69. The van der Waals surface area contributed by atoms with Crippen molar-refractivity contribution in [3.8, 4) is 0 Å². The molecule has 2 aromatic carbocycles. The van der Waals surface area contributed by atoms with E-state index in [1.54, 1.807) is 11.8 Å². The summed E-state index contributed by atoms with van der Waals surface area (Å²) in [5, 5.41) is 3.95. The number of rotatable bonds is 7. The molecule has 4 nitrogen and oxygen atoms in total. The van der Waals surface area contributed by atoms with Crippen LogP contribution in [-0.4, -0.2) is 21.2 Å². The van der Waals surface area contributed by atoms with Gasteiger partial charge in [0.15, 0.2) is 5.16 Å². The largest absolute Gasteiger partial charge is 0.350 e. The number of carbonyl (C=O) groups excluding carboxylic acids is 1. The molecule has 0 aliphatic heterocycles. The van der Waals surface area contributed by atoms with Crippen LogP contribution in [0.25, 0.3) is 11.0 Å². The molecule has 3 aromatic rings. The molecule has 130 valence electrons. The highest BCUT2D eigenvalue weighted by molar-refractivity contribution is 7.99. The molecule has 1 amide bonds. The lowest BCUT2D eigenvalue weighted by atomic mass is 10.2. The van der Waals surface area contributed by atoms with Gasteiger partial charge >= 0.3 is 0 Å². The molecular formula is C20H23N3OS. The van der Waals surface area contributed by atoms with Crippen LogP contribution in [0.3, 0.4) is 0 Å². The van der Waals surface area contributed by atoms with Crippen molar-refractivity contribution >= 4 is 28.7 Å². The summed E-state index contributed by atoms with van der Waals surface area (Å²) in [6.07, 6.45) is 1.07. The van der Waals surface area contributed by atoms with Gasteiger partial charge in [0.25, 0.3) is 0 Å². The van der Waals surface area contributed by atoms with Crippen molar-refractivity contribution in [2.45, 2.75) is 38.0 Å². The molecule has 0 saturated heterocycles. The zero-order valence-electron chi connectivity index (χ0n) is 14.6. The Labute approximate surface area is 152 Å². The summed E-state index contributed by atoms with van der Waals surface area (Å²) in [5.74, 6) is 0.993. The van der Waals surface area contributed by atoms with Crippen molar-refractivity contribution in [3.05, 3.63) is 60.2 Å². The van der Waals surface area contributed by atoms with Crippen LogP contribution in [0, 0.1) is 0 Å². The Kier molecular flexibility index (Phi) is 5.76. The summed E-state index contributed by atoms with van der Waals surface area (Å²) < 4.78 is 2.05. The standard InChI is InChI=1S/C20H23N3OS/c1-3-13-25-20-22-17-11-7-8-12-18(17)23(20)15(2)19(24)21-14-16-9-5-4-6-10-16/h4-12,15H,3,13-14H2,1-2H3,(H,21,24)/t15-/m1/s1. The molecule has 1 atom stereocenters. The molecule has 1 aromatic heterocycles. The predicted octanol–water partition coefficient (Wildman–Crippen LogP) is 4.42. The molecule has 0 spiro atoms. The molecule has 3 rings (SSSR count). The Bertz CT molecular complexity index is 845. The van der Waals surface area contributed by atoms with E-state index in [-0.39, 0.29) is 11.9 Å². The molecule has 0 bridgehead atoms. The second-order valence-corrected chi connectivity index (χ2v) is 7.04. The van der Waals surface area contributed by atoms with Crippen LogP contribution in [0.5, 0.6) is 0 Å².